The van der Waals surface area contributed by atoms with Crippen LogP contribution in [0.2, 0.25) is 0 Å². The number of nitrogens with zero attached hydrogens (tertiary/aromatic N) is 2. The molecule has 2 saturated carbocycles. The number of Topliss-reactive ketones (excluding diaryl/α,β-unsaturated/α-hetero) is 1. The molecule has 55 heavy (non-hydrogen) atoms. The molecule has 0 bridgehead atoms. The molecule has 0 aromatic rings. The molecule has 0 aromatic heterocycles. The molecule has 5 aliphatic rings. The summed E-state index contributed by atoms with van der Waals surface area (Å²) in [6.07, 6.45) is 0.540. The third kappa shape index (κ3) is 8.86. The Bertz CT molecular complexity index is 1790. The number of hydrogen-bond donors (Lipinski definition) is 4. The van der Waals surface area contributed by atoms with E-state index in [4.69, 9.17) is 0 Å². The highest BCUT2D eigenvalue weighted by Crippen LogP contribution is 2.48. The lowest BCUT2D eigenvalue weighted by Gasteiger charge is -2.34. The summed E-state index contributed by atoms with van der Waals surface area (Å²) in [6.45, 7) is 7.02. The van der Waals surface area contributed by atoms with Crippen molar-refractivity contribution in [3.8, 4) is 0 Å². The van der Waals surface area contributed by atoms with Gasteiger partial charge in [0.2, 0.25) is 27.3 Å². The van der Waals surface area contributed by atoms with E-state index in [9.17, 15) is 55.1 Å². The molecule has 2 heterocycles. The summed E-state index contributed by atoms with van der Waals surface area (Å²) in [5.41, 5.74) is -5.11. The van der Waals surface area contributed by atoms with Crippen molar-refractivity contribution in [3.05, 3.63) is 35.8 Å². The van der Waals surface area contributed by atoms with Gasteiger partial charge in [0, 0.05) is 12.5 Å². The lowest BCUT2D eigenvalue weighted by atomic mass is 9.91. The smallest absolute Gasteiger partial charge is 0.427 e. The first-order valence-corrected chi connectivity index (χ1v) is 19.9. The number of alkyl carbamates (subject to hydrolysis) is 1. The molecule has 7 atom stereocenters. The minimum Gasteiger partial charge on any atom is -0.465 e. The number of ether oxygens (including phenoxy) is 1. The minimum atomic E-state index is -5.02. The fraction of sp³-hybridized carbons (Fsp3) is 0.694. The fourth-order valence-electron chi connectivity index (χ4n) is 7.48. The largest absolute Gasteiger partial charge is 0.465 e. The molecule has 0 unspecified atom stereocenters. The number of hydrogen-bond acceptors (Lipinski definition) is 9. The average molecular weight is 804 g/mol. The zero-order chi connectivity index (χ0) is 40.9. The third-order valence-corrected chi connectivity index (χ3v) is 13.7. The van der Waals surface area contributed by atoms with E-state index >= 15 is 0 Å². The second-order valence-corrected chi connectivity index (χ2v) is 18.6. The van der Waals surface area contributed by atoms with Crippen molar-refractivity contribution in [1.82, 2.24) is 25.2 Å². The topological polar surface area (TPSA) is 192 Å². The minimum absolute atomic E-state index is 0.0993. The summed E-state index contributed by atoms with van der Waals surface area (Å²) in [6, 6.07) is -4.28. The lowest BCUT2D eigenvalue weighted by molar-refractivity contribution is -0.244. The van der Waals surface area contributed by atoms with Gasteiger partial charge in [-0.3, -0.25) is 28.9 Å². The van der Waals surface area contributed by atoms with Crippen LogP contribution >= 0.6 is 0 Å². The van der Waals surface area contributed by atoms with Crippen LogP contribution in [0.1, 0.15) is 86.0 Å². The zero-order valence-electron chi connectivity index (χ0n) is 31.4. The highest BCUT2D eigenvalue weighted by Gasteiger charge is 2.63. The Kier molecular flexibility index (Phi) is 11.6. The molecule has 19 heteroatoms. The maximum absolute atomic E-state index is 14.6. The molecule has 1 saturated heterocycles. The Morgan fingerprint density at radius 1 is 1.07 bits per heavy atom. The van der Waals surface area contributed by atoms with Gasteiger partial charge in [-0.1, -0.05) is 26.0 Å². The van der Waals surface area contributed by atoms with Gasteiger partial charge in [-0.2, -0.15) is 13.2 Å². The molecule has 0 radical (unpaired) electrons. The highest BCUT2D eigenvalue weighted by atomic mass is 32.2. The van der Waals surface area contributed by atoms with Crippen LogP contribution in [-0.4, -0.2) is 106 Å². The first-order valence-electron chi connectivity index (χ1n) is 18.4. The van der Waals surface area contributed by atoms with Crippen molar-refractivity contribution in [2.45, 2.75) is 126 Å². The number of carbonyl (C=O) groups excluding carboxylic acids is 4. The molecule has 5 rings (SSSR count). The predicted molar refractivity (Wildman–Crippen MR) is 189 cm³/mol. The van der Waals surface area contributed by atoms with Crippen molar-refractivity contribution in [3.63, 3.8) is 0 Å². The van der Waals surface area contributed by atoms with Crippen LogP contribution in [0.25, 0.3) is 0 Å². The van der Waals surface area contributed by atoms with E-state index in [1.54, 1.807) is 11.0 Å². The van der Waals surface area contributed by atoms with Crippen molar-refractivity contribution in [1.29, 1.82) is 0 Å². The Morgan fingerprint density at radius 3 is 2.35 bits per heavy atom. The highest BCUT2D eigenvalue weighted by molar-refractivity contribution is 7.91. The fourth-order valence-corrected chi connectivity index (χ4v) is 8.80. The van der Waals surface area contributed by atoms with Gasteiger partial charge in [0.05, 0.1) is 22.5 Å². The van der Waals surface area contributed by atoms with Crippen LogP contribution in [0.5, 0.6) is 0 Å². The summed E-state index contributed by atoms with van der Waals surface area (Å²) in [5.74, 6) is -4.38. The van der Waals surface area contributed by atoms with E-state index in [0.717, 1.165) is 25.3 Å². The molecule has 0 aromatic carbocycles. The van der Waals surface area contributed by atoms with Gasteiger partial charge in [-0.15, -0.1) is 0 Å². The molecule has 0 spiro atoms. The van der Waals surface area contributed by atoms with Gasteiger partial charge in [-0.05, 0) is 103 Å². The Morgan fingerprint density at radius 2 is 1.73 bits per heavy atom. The van der Waals surface area contributed by atoms with Crippen molar-refractivity contribution in [2.75, 3.05) is 13.1 Å². The van der Waals surface area contributed by atoms with Gasteiger partial charge in [-0.25, -0.2) is 22.4 Å². The summed E-state index contributed by atoms with van der Waals surface area (Å²) in [5, 5.41) is 15.2. The molecule has 4 amide bonds. The first-order chi connectivity index (χ1) is 25.4. The van der Waals surface area contributed by atoms with Crippen molar-refractivity contribution < 1.29 is 59.8 Å². The van der Waals surface area contributed by atoms with Crippen LogP contribution in [-0.2, 0) is 29.1 Å². The third-order valence-electron chi connectivity index (χ3n) is 11.5. The normalized spacial score (nSPS) is 32.2. The quantitative estimate of drug-likeness (QED) is 0.212. The summed E-state index contributed by atoms with van der Waals surface area (Å²) >= 11 is 0. The number of rotatable bonds is 7. The van der Waals surface area contributed by atoms with Gasteiger partial charge < -0.3 is 20.5 Å². The number of ketones is 1. The molecule has 306 valence electrons. The standard InChI is InChI=1S/C36H49F4N5O9S/c1-20-8-6-7-9-22-18-35(22,30(48)43-55(52,53)34(5)13-14-34)42-29(47)26-17-23(19-44(26)15-12-21(2)16-20)45(32(50)51)25-11-10-24(37)28(46)27(25)41-31(49)54-33(3,4)36(38,39)40/h7,9-11,20-23,26-27H,6,8,12-19H2,1-5H3,(H,41,49)(H,42,47)(H,43,48)(H,50,51)/b9-7-/t20-,21-,22+,23+,26-,27-,35+/m0/s1. The van der Waals surface area contributed by atoms with E-state index in [-0.39, 0.29) is 25.3 Å². The Hall–Kier alpha value is -4.00. The van der Waals surface area contributed by atoms with E-state index in [2.05, 4.69) is 28.6 Å². The van der Waals surface area contributed by atoms with E-state index in [1.165, 1.54) is 6.92 Å². The van der Waals surface area contributed by atoms with Crippen LogP contribution in [0, 0.1) is 17.8 Å². The number of carbonyl (C=O) groups is 5. The molecule has 3 aliphatic carbocycles. The number of carboxylic acid groups (broad SMARTS) is 1. The Labute approximate surface area is 317 Å². The van der Waals surface area contributed by atoms with Gasteiger partial charge >= 0.3 is 18.4 Å². The molecular formula is C36H49F4N5O9S. The number of amides is 4. The number of nitrogens with one attached hydrogen (secondary N) is 3. The molecule has 4 N–H and O–H groups in total. The van der Waals surface area contributed by atoms with Crippen LogP contribution < -0.4 is 15.4 Å². The second-order valence-electron chi connectivity index (χ2n) is 16.4. The lowest BCUT2D eigenvalue weighted by Crippen LogP contribution is -2.56. The van der Waals surface area contributed by atoms with E-state index in [0.29, 0.717) is 56.5 Å². The van der Waals surface area contributed by atoms with Crippen LogP contribution in [0.4, 0.5) is 27.2 Å². The van der Waals surface area contributed by atoms with Gasteiger partial charge in [0.1, 0.15) is 11.6 Å². The van der Waals surface area contributed by atoms with Crippen LogP contribution in [0.3, 0.4) is 0 Å². The summed E-state index contributed by atoms with van der Waals surface area (Å²) in [4.78, 5) is 69.0. The SMILES string of the molecule is C[C@H]1CC/C=C\[C@@H]2C[C@@]2(C(=O)NS(=O)(=O)C2(C)CC2)NC(=O)[C@@H]2C[C@@H](N(C(=O)O)C3=CC=C(F)C(=O)[C@H]3NC(=O)OC(C)(C)C(F)(F)F)CN2CC[C@H](C)C1. The number of fused-ring (bicyclic) bond motifs is 2. The average Bonchev–Trinajstić information content (AvgIpc) is 3.94. The molecular weight excluding hydrogens is 754 g/mol. The summed E-state index contributed by atoms with van der Waals surface area (Å²) in [7, 11) is -4.06. The van der Waals surface area contributed by atoms with Crippen molar-refractivity contribution in [2.24, 2.45) is 17.8 Å². The van der Waals surface area contributed by atoms with E-state index in [1.807, 2.05) is 11.4 Å². The maximum Gasteiger partial charge on any atom is 0.427 e. The number of alkyl halides is 3. The monoisotopic (exact) mass is 803 g/mol. The van der Waals surface area contributed by atoms with Gasteiger partial charge in [0.15, 0.2) is 5.83 Å². The number of sulfonamides is 1. The van der Waals surface area contributed by atoms with Gasteiger partial charge in [0.25, 0.3) is 5.91 Å². The molecule has 2 aliphatic heterocycles. The molecule has 14 nitrogen and oxygen atoms in total. The molecule has 3 fully saturated rings. The first kappa shape index (κ1) is 42.1. The van der Waals surface area contributed by atoms with Crippen molar-refractivity contribution >= 4 is 39.8 Å². The Balaban J connectivity index is 1.44. The number of halogens is 4. The summed E-state index contributed by atoms with van der Waals surface area (Å²) < 4.78 is 86.7. The predicted octanol–water partition coefficient (Wildman–Crippen LogP) is 4.44. The maximum atomic E-state index is 14.6. The zero-order valence-corrected chi connectivity index (χ0v) is 32.2. The number of allylic oxidation sites excluding steroid dienone is 3. The van der Waals surface area contributed by atoms with E-state index < -0.39 is 97.4 Å². The second kappa shape index (κ2) is 15.2. The van der Waals surface area contributed by atoms with Crippen LogP contribution in [0.15, 0.2) is 35.8 Å².